The second kappa shape index (κ2) is 12.3. The quantitative estimate of drug-likeness (QED) is 0.172. The van der Waals surface area contributed by atoms with Crippen LogP contribution in [-0.4, -0.2) is 0 Å². The molecule has 0 unspecified atom stereocenters. The van der Waals surface area contributed by atoms with Gasteiger partial charge < -0.3 is 4.90 Å². The van der Waals surface area contributed by atoms with Crippen LogP contribution < -0.4 is 4.90 Å². The number of hydrogen-bond donors (Lipinski definition) is 0. The van der Waals surface area contributed by atoms with Gasteiger partial charge in [-0.25, -0.2) is 0 Å². The number of nitrogens with zero attached hydrogens (tertiary/aromatic N) is 1. The summed E-state index contributed by atoms with van der Waals surface area (Å²) in [6.07, 6.45) is 0. The third-order valence-corrected chi connectivity index (χ3v) is 15.0. The van der Waals surface area contributed by atoms with E-state index in [1.54, 1.807) is 0 Å². The van der Waals surface area contributed by atoms with Gasteiger partial charge in [0, 0.05) is 36.8 Å². The molecule has 0 radical (unpaired) electrons. The number of anilines is 3. The predicted octanol–water partition coefficient (Wildman–Crippen LogP) is 15.8. The SMILES string of the molecule is CC1(C)c2cc(-c3ccccc3)ccc2-c2ccc(N(c3cccc4c3-c3ccccc3C43c4ccccc4-c4ccccc43)c3cccc4sc5ccccc5c34)cc21. The van der Waals surface area contributed by atoms with Crippen LogP contribution in [0.3, 0.4) is 0 Å². The zero-order valence-electron chi connectivity index (χ0n) is 33.4. The summed E-state index contributed by atoms with van der Waals surface area (Å²) in [6, 6.07) is 75.4. The number of fused-ring (bicyclic) bond motifs is 16. The first-order valence-electron chi connectivity index (χ1n) is 21.0. The van der Waals surface area contributed by atoms with Gasteiger partial charge in [-0.05, 0) is 115 Å². The van der Waals surface area contributed by atoms with E-state index in [0.29, 0.717) is 0 Å². The second-order valence-corrected chi connectivity index (χ2v) is 18.2. The molecule has 1 spiro atoms. The van der Waals surface area contributed by atoms with Crippen molar-refractivity contribution in [2.24, 2.45) is 0 Å². The van der Waals surface area contributed by atoms with E-state index in [4.69, 9.17) is 0 Å². The van der Waals surface area contributed by atoms with E-state index in [9.17, 15) is 0 Å². The fourth-order valence-electron chi connectivity index (χ4n) is 11.3. The Morgan fingerprint density at radius 3 is 1.70 bits per heavy atom. The summed E-state index contributed by atoms with van der Waals surface area (Å²) in [5.74, 6) is 0. The van der Waals surface area contributed by atoms with Crippen LogP contribution in [0.4, 0.5) is 17.1 Å². The molecule has 0 N–H and O–H groups in total. The molecule has 282 valence electrons. The molecule has 2 heteroatoms. The largest absolute Gasteiger partial charge is 0.309 e. The van der Waals surface area contributed by atoms with Gasteiger partial charge in [-0.3, -0.25) is 0 Å². The van der Waals surface area contributed by atoms with Gasteiger partial charge in [0.25, 0.3) is 0 Å². The first-order valence-corrected chi connectivity index (χ1v) is 21.8. The van der Waals surface area contributed by atoms with Crippen molar-refractivity contribution in [3.63, 3.8) is 0 Å². The van der Waals surface area contributed by atoms with Crippen molar-refractivity contribution in [1.82, 2.24) is 0 Å². The molecule has 13 rings (SSSR count). The molecule has 0 saturated heterocycles. The van der Waals surface area contributed by atoms with Gasteiger partial charge >= 0.3 is 0 Å². The van der Waals surface area contributed by atoms with Crippen molar-refractivity contribution in [3.05, 3.63) is 234 Å². The molecule has 0 bridgehead atoms. The van der Waals surface area contributed by atoms with Crippen molar-refractivity contribution >= 4 is 48.6 Å². The molecule has 0 amide bonds. The summed E-state index contributed by atoms with van der Waals surface area (Å²) in [5, 5.41) is 2.59. The van der Waals surface area contributed by atoms with Crippen molar-refractivity contribution in [1.29, 1.82) is 0 Å². The van der Waals surface area contributed by atoms with Crippen LogP contribution in [0, 0.1) is 0 Å². The van der Waals surface area contributed by atoms with E-state index in [1.165, 1.54) is 115 Å². The third kappa shape index (κ3) is 4.36. The van der Waals surface area contributed by atoms with Gasteiger partial charge in [0.2, 0.25) is 0 Å². The van der Waals surface area contributed by atoms with Gasteiger partial charge in [-0.2, -0.15) is 0 Å². The summed E-state index contributed by atoms with van der Waals surface area (Å²) in [4.78, 5) is 2.59. The lowest BCUT2D eigenvalue weighted by molar-refractivity contribution is 0.660. The molecular formula is C58H39NS. The Hall–Kier alpha value is -7.00. The Kier molecular flexibility index (Phi) is 6.94. The highest BCUT2D eigenvalue weighted by atomic mass is 32.1. The maximum atomic E-state index is 2.59. The number of hydrogen-bond acceptors (Lipinski definition) is 2. The molecule has 3 aliphatic carbocycles. The lowest BCUT2D eigenvalue weighted by Crippen LogP contribution is -2.26. The maximum Gasteiger partial charge on any atom is 0.0726 e. The Morgan fingerprint density at radius 2 is 0.933 bits per heavy atom. The van der Waals surface area contributed by atoms with E-state index in [1.807, 2.05) is 11.3 Å². The highest BCUT2D eigenvalue weighted by Gasteiger charge is 2.52. The topological polar surface area (TPSA) is 3.24 Å². The zero-order chi connectivity index (χ0) is 39.7. The fourth-order valence-corrected chi connectivity index (χ4v) is 12.5. The molecule has 1 aromatic heterocycles. The van der Waals surface area contributed by atoms with E-state index < -0.39 is 5.41 Å². The Balaban J connectivity index is 1.09. The van der Waals surface area contributed by atoms with Crippen molar-refractivity contribution in [2.75, 3.05) is 4.90 Å². The smallest absolute Gasteiger partial charge is 0.0726 e. The van der Waals surface area contributed by atoms with Crippen LogP contribution in [0.25, 0.3) is 64.7 Å². The molecular weight excluding hydrogens is 743 g/mol. The summed E-state index contributed by atoms with van der Waals surface area (Å²) >= 11 is 1.88. The zero-order valence-corrected chi connectivity index (χ0v) is 34.2. The van der Waals surface area contributed by atoms with Gasteiger partial charge in [0.15, 0.2) is 0 Å². The minimum Gasteiger partial charge on any atom is -0.309 e. The third-order valence-electron chi connectivity index (χ3n) is 13.9. The minimum atomic E-state index is -0.431. The molecule has 9 aromatic carbocycles. The number of thiophene rings is 1. The van der Waals surface area contributed by atoms with Crippen LogP contribution in [0.2, 0.25) is 0 Å². The molecule has 0 fully saturated rings. The first-order chi connectivity index (χ1) is 29.5. The Labute approximate surface area is 354 Å². The van der Waals surface area contributed by atoms with Gasteiger partial charge in [0.05, 0.1) is 16.8 Å². The predicted molar refractivity (Wildman–Crippen MR) is 253 cm³/mol. The van der Waals surface area contributed by atoms with E-state index in [0.717, 1.165) is 0 Å². The van der Waals surface area contributed by atoms with Crippen LogP contribution in [-0.2, 0) is 10.8 Å². The highest BCUT2D eigenvalue weighted by Crippen LogP contribution is 2.65. The summed E-state index contributed by atoms with van der Waals surface area (Å²) in [7, 11) is 0. The van der Waals surface area contributed by atoms with Crippen LogP contribution in [0.1, 0.15) is 47.2 Å². The van der Waals surface area contributed by atoms with Crippen molar-refractivity contribution < 1.29 is 0 Å². The number of rotatable bonds is 4. The van der Waals surface area contributed by atoms with E-state index in [2.05, 4.69) is 219 Å². The fraction of sp³-hybridized carbons (Fsp3) is 0.0690. The average Bonchev–Trinajstić information content (AvgIpc) is 3.99. The summed E-state index contributed by atoms with van der Waals surface area (Å²) in [5.41, 5.74) is 21.5. The molecule has 0 aliphatic heterocycles. The van der Waals surface area contributed by atoms with Gasteiger partial charge in [-0.1, -0.05) is 172 Å². The molecule has 0 atom stereocenters. The Bertz CT molecular complexity index is 3380. The maximum absolute atomic E-state index is 2.59. The molecule has 60 heavy (non-hydrogen) atoms. The van der Waals surface area contributed by atoms with Crippen LogP contribution in [0.5, 0.6) is 0 Å². The first kappa shape index (κ1) is 33.9. The number of benzene rings is 9. The average molecular weight is 782 g/mol. The minimum absolute atomic E-state index is 0.204. The van der Waals surface area contributed by atoms with Crippen molar-refractivity contribution in [3.8, 4) is 44.5 Å². The van der Waals surface area contributed by atoms with Crippen LogP contribution >= 0.6 is 11.3 Å². The molecule has 10 aromatic rings. The van der Waals surface area contributed by atoms with E-state index >= 15 is 0 Å². The Morgan fingerprint density at radius 1 is 0.383 bits per heavy atom. The molecule has 0 saturated carbocycles. The van der Waals surface area contributed by atoms with Gasteiger partial charge in [0.1, 0.15) is 0 Å². The standard InChI is InChI=1S/C58H39NS/c1-57(2)49-34-37(36-16-4-3-5-17-36)30-32-41(49)42-33-31-38(35-50(42)57)59(52-27-15-29-54-56(52)44-21-9-13-28-53(44)60-54)51-26-14-25-48-55(51)43-20-8-12-24-47(43)58(48)45-22-10-6-18-39(45)40-19-7-11-23-46(40)58/h3-35H,1-2H3. The lowest BCUT2D eigenvalue weighted by atomic mass is 9.70. The van der Waals surface area contributed by atoms with Crippen LogP contribution in [0.15, 0.2) is 200 Å². The van der Waals surface area contributed by atoms with E-state index in [-0.39, 0.29) is 5.41 Å². The molecule has 1 heterocycles. The lowest BCUT2D eigenvalue weighted by Gasteiger charge is -2.32. The highest BCUT2D eigenvalue weighted by molar-refractivity contribution is 7.26. The van der Waals surface area contributed by atoms with Gasteiger partial charge in [-0.15, -0.1) is 11.3 Å². The molecule has 1 nitrogen and oxygen atoms in total. The van der Waals surface area contributed by atoms with Crippen molar-refractivity contribution in [2.45, 2.75) is 24.7 Å². The summed E-state index contributed by atoms with van der Waals surface area (Å²) in [6.45, 7) is 4.81. The molecule has 3 aliphatic rings. The normalized spacial score (nSPS) is 14.4. The summed E-state index contributed by atoms with van der Waals surface area (Å²) < 4.78 is 2.60. The second-order valence-electron chi connectivity index (χ2n) is 17.2. The monoisotopic (exact) mass is 781 g/mol.